The van der Waals surface area contributed by atoms with Gasteiger partial charge in [-0.05, 0) is 30.3 Å². The molecule has 2 aromatic carbocycles. The summed E-state index contributed by atoms with van der Waals surface area (Å²) < 4.78 is 5.90. The van der Waals surface area contributed by atoms with E-state index in [0.717, 1.165) is 9.60 Å². The molecular formula is C19H16N4O4S. The second kappa shape index (κ2) is 7.28. The van der Waals surface area contributed by atoms with Crippen molar-refractivity contribution in [3.05, 3.63) is 42.5 Å². The van der Waals surface area contributed by atoms with E-state index in [-0.39, 0.29) is 24.7 Å². The van der Waals surface area contributed by atoms with Crippen LogP contribution < -0.4 is 20.3 Å². The first-order valence-corrected chi connectivity index (χ1v) is 9.33. The molecule has 2 heterocycles. The average molecular weight is 396 g/mol. The number of hydrogen-bond acceptors (Lipinski definition) is 6. The van der Waals surface area contributed by atoms with Crippen molar-refractivity contribution in [2.75, 3.05) is 22.6 Å². The van der Waals surface area contributed by atoms with Crippen molar-refractivity contribution in [2.24, 2.45) is 0 Å². The van der Waals surface area contributed by atoms with Gasteiger partial charge in [0.15, 0.2) is 5.13 Å². The Labute approximate surface area is 164 Å². The maximum absolute atomic E-state index is 12.2. The molecule has 0 radical (unpaired) electrons. The van der Waals surface area contributed by atoms with Crippen LogP contribution in [-0.2, 0) is 9.59 Å². The van der Waals surface area contributed by atoms with Crippen molar-refractivity contribution in [1.82, 2.24) is 4.98 Å². The lowest BCUT2D eigenvalue weighted by Crippen LogP contribution is -2.28. The van der Waals surface area contributed by atoms with Gasteiger partial charge in [0.2, 0.25) is 11.8 Å². The van der Waals surface area contributed by atoms with Crippen molar-refractivity contribution in [1.29, 1.82) is 0 Å². The average Bonchev–Trinajstić information content (AvgIpc) is 3.23. The maximum atomic E-state index is 12.2. The van der Waals surface area contributed by atoms with Crippen LogP contribution in [0.15, 0.2) is 42.5 Å². The minimum atomic E-state index is -0.401. The number of rotatable bonds is 4. The van der Waals surface area contributed by atoms with Gasteiger partial charge in [-0.25, -0.2) is 14.7 Å². The summed E-state index contributed by atoms with van der Waals surface area (Å²) in [6.07, 6.45) is 0.429. The van der Waals surface area contributed by atoms with Crippen LogP contribution in [0.1, 0.15) is 12.8 Å². The summed E-state index contributed by atoms with van der Waals surface area (Å²) in [6.45, 7) is 0. The van der Waals surface area contributed by atoms with Gasteiger partial charge in [-0.15, -0.1) is 0 Å². The number of nitrogens with one attached hydrogen (secondary N) is 2. The minimum absolute atomic E-state index is 0.214. The normalized spacial score (nSPS) is 13.8. The van der Waals surface area contributed by atoms with Crippen molar-refractivity contribution in [3.8, 4) is 5.75 Å². The van der Waals surface area contributed by atoms with Crippen LogP contribution in [0, 0.1) is 0 Å². The number of anilines is 3. The Morgan fingerprint density at radius 3 is 2.50 bits per heavy atom. The van der Waals surface area contributed by atoms with Crippen LogP contribution in [0.2, 0.25) is 0 Å². The Morgan fingerprint density at radius 2 is 1.79 bits per heavy atom. The van der Waals surface area contributed by atoms with E-state index in [1.807, 2.05) is 0 Å². The summed E-state index contributed by atoms with van der Waals surface area (Å²) in [6, 6.07) is 11.8. The van der Waals surface area contributed by atoms with E-state index in [4.69, 9.17) is 4.74 Å². The van der Waals surface area contributed by atoms with E-state index < -0.39 is 6.03 Å². The molecule has 8 nitrogen and oxygen atoms in total. The third-order valence-corrected chi connectivity index (χ3v) is 5.21. The number of amides is 4. The maximum Gasteiger partial charge on any atom is 0.323 e. The molecule has 1 aliphatic rings. The smallest absolute Gasteiger partial charge is 0.323 e. The largest absolute Gasteiger partial charge is 0.497 e. The number of ether oxygens (including phenoxy) is 1. The van der Waals surface area contributed by atoms with Gasteiger partial charge in [0, 0.05) is 30.3 Å². The molecule has 0 unspecified atom stereocenters. The predicted molar refractivity (Wildman–Crippen MR) is 107 cm³/mol. The van der Waals surface area contributed by atoms with Gasteiger partial charge in [-0.1, -0.05) is 17.4 Å². The van der Waals surface area contributed by atoms with Crippen LogP contribution in [0.25, 0.3) is 10.2 Å². The van der Waals surface area contributed by atoms with Crippen LogP contribution in [0.5, 0.6) is 5.75 Å². The van der Waals surface area contributed by atoms with Crippen molar-refractivity contribution in [2.45, 2.75) is 12.8 Å². The summed E-state index contributed by atoms with van der Waals surface area (Å²) in [5.74, 6) is 0.169. The molecule has 1 aromatic heterocycles. The minimum Gasteiger partial charge on any atom is -0.497 e. The fourth-order valence-corrected chi connectivity index (χ4v) is 3.91. The van der Waals surface area contributed by atoms with E-state index in [9.17, 15) is 14.4 Å². The molecule has 1 aliphatic heterocycles. The highest BCUT2D eigenvalue weighted by Gasteiger charge is 2.32. The molecule has 2 N–H and O–H groups in total. The number of hydrogen-bond donors (Lipinski definition) is 2. The Morgan fingerprint density at radius 1 is 1.07 bits per heavy atom. The second-order valence-corrected chi connectivity index (χ2v) is 7.12. The first kappa shape index (κ1) is 17.9. The van der Waals surface area contributed by atoms with E-state index in [1.165, 1.54) is 11.3 Å². The Balaban J connectivity index is 1.50. The van der Waals surface area contributed by atoms with Gasteiger partial charge in [0.25, 0.3) is 0 Å². The quantitative estimate of drug-likeness (QED) is 0.656. The van der Waals surface area contributed by atoms with Crippen molar-refractivity contribution >= 4 is 55.9 Å². The highest BCUT2D eigenvalue weighted by atomic mass is 32.1. The van der Waals surface area contributed by atoms with Gasteiger partial charge in [-0.2, -0.15) is 0 Å². The first-order chi connectivity index (χ1) is 13.5. The van der Waals surface area contributed by atoms with Gasteiger partial charge in [0.1, 0.15) is 5.75 Å². The lowest BCUT2D eigenvalue weighted by Gasteiger charge is -2.08. The molecule has 0 bridgehead atoms. The summed E-state index contributed by atoms with van der Waals surface area (Å²) in [7, 11) is 1.56. The highest BCUT2D eigenvalue weighted by Crippen LogP contribution is 2.33. The molecule has 4 amide bonds. The molecule has 3 aromatic rings. The third kappa shape index (κ3) is 3.52. The number of urea groups is 1. The second-order valence-electron chi connectivity index (χ2n) is 6.11. The zero-order chi connectivity index (χ0) is 19.7. The van der Waals surface area contributed by atoms with Crippen LogP contribution in [0.4, 0.5) is 21.3 Å². The Kier molecular flexibility index (Phi) is 4.66. The number of aromatic nitrogens is 1. The number of benzene rings is 2. The lowest BCUT2D eigenvalue weighted by molar-refractivity contribution is -0.121. The first-order valence-electron chi connectivity index (χ1n) is 8.52. The summed E-state index contributed by atoms with van der Waals surface area (Å²) in [5.41, 5.74) is 1.83. The SMILES string of the molecule is COc1cccc(NC(=O)Nc2ccc3nc(N4C(=O)CCC4=O)sc3c2)c1. The molecule has 0 aliphatic carbocycles. The van der Waals surface area contributed by atoms with Crippen molar-refractivity contribution < 1.29 is 19.1 Å². The lowest BCUT2D eigenvalue weighted by atomic mass is 10.3. The van der Waals surface area contributed by atoms with Crippen LogP contribution in [0.3, 0.4) is 0 Å². The van der Waals surface area contributed by atoms with Crippen LogP contribution >= 0.6 is 11.3 Å². The van der Waals surface area contributed by atoms with E-state index in [0.29, 0.717) is 27.8 Å². The third-order valence-electron chi connectivity index (χ3n) is 4.21. The Bertz CT molecular complexity index is 1080. The monoisotopic (exact) mass is 396 g/mol. The van der Waals surface area contributed by atoms with E-state index >= 15 is 0 Å². The van der Waals surface area contributed by atoms with Gasteiger partial charge >= 0.3 is 6.03 Å². The number of methoxy groups -OCH3 is 1. The fraction of sp³-hybridized carbons (Fsp3) is 0.158. The molecule has 0 atom stereocenters. The summed E-state index contributed by atoms with van der Waals surface area (Å²) >= 11 is 1.24. The molecule has 0 spiro atoms. The van der Waals surface area contributed by atoms with Gasteiger partial charge < -0.3 is 15.4 Å². The number of fused-ring (bicyclic) bond motifs is 1. The zero-order valence-corrected chi connectivity index (χ0v) is 15.7. The number of nitrogens with zero attached hydrogens (tertiary/aromatic N) is 2. The number of thiazole rings is 1. The standard InChI is InChI=1S/C19H16N4O4S/c1-27-13-4-2-3-11(9-13)20-18(26)21-12-5-6-14-15(10-12)28-19(22-14)23-16(24)7-8-17(23)25/h2-6,9-10H,7-8H2,1H3,(H2,20,21,26). The van der Waals surface area contributed by atoms with Crippen molar-refractivity contribution in [3.63, 3.8) is 0 Å². The van der Waals surface area contributed by atoms with E-state index in [1.54, 1.807) is 49.6 Å². The number of carbonyl (C=O) groups excluding carboxylic acids is 3. The predicted octanol–water partition coefficient (Wildman–Crippen LogP) is 3.60. The zero-order valence-electron chi connectivity index (χ0n) is 14.9. The molecule has 142 valence electrons. The molecule has 9 heteroatoms. The molecule has 0 saturated carbocycles. The highest BCUT2D eigenvalue weighted by molar-refractivity contribution is 7.22. The van der Waals surface area contributed by atoms with Gasteiger partial charge in [-0.3, -0.25) is 9.59 Å². The van der Waals surface area contributed by atoms with Crippen LogP contribution in [-0.4, -0.2) is 29.9 Å². The molecule has 1 saturated heterocycles. The molecule has 1 fully saturated rings. The summed E-state index contributed by atoms with van der Waals surface area (Å²) in [5, 5.41) is 5.85. The molecular weight excluding hydrogens is 380 g/mol. The van der Waals surface area contributed by atoms with E-state index in [2.05, 4.69) is 15.6 Å². The topological polar surface area (TPSA) is 101 Å². The number of carbonyl (C=O) groups is 3. The van der Waals surface area contributed by atoms with Gasteiger partial charge in [0.05, 0.1) is 17.3 Å². The number of imide groups is 1. The fourth-order valence-electron chi connectivity index (χ4n) is 2.87. The molecule has 4 rings (SSSR count). The summed E-state index contributed by atoms with van der Waals surface area (Å²) in [4.78, 5) is 41.5. The molecule has 28 heavy (non-hydrogen) atoms. The Hall–Kier alpha value is -3.46.